The Bertz CT molecular complexity index is 1240. The zero-order chi connectivity index (χ0) is 25.2. The van der Waals surface area contributed by atoms with Gasteiger partial charge in [0, 0.05) is 38.0 Å². The second-order valence-electron chi connectivity index (χ2n) is 10.3. The fourth-order valence-electron chi connectivity index (χ4n) is 5.39. The van der Waals surface area contributed by atoms with Crippen LogP contribution in [0.5, 0.6) is 0 Å². The molecule has 1 unspecified atom stereocenters. The molecule has 2 amide bonds. The predicted molar refractivity (Wildman–Crippen MR) is 138 cm³/mol. The lowest BCUT2D eigenvalue weighted by molar-refractivity contribution is -0.128. The van der Waals surface area contributed by atoms with Gasteiger partial charge in [0.2, 0.25) is 11.8 Å². The molecule has 190 valence electrons. The van der Waals surface area contributed by atoms with Gasteiger partial charge in [-0.3, -0.25) is 9.59 Å². The number of amides is 2. The summed E-state index contributed by atoms with van der Waals surface area (Å²) in [5.41, 5.74) is 4.71. The molecule has 0 bridgehead atoms. The number of aryl methyl sites for hydroxylation is 1. The zero-order valence-corrected chi connectivity index (χ0v) is 21.3. The van der Waals surface area contributed by atoms with Crippen molar-refractivity contribution in [1.82, 2.24) is 30.2 Å². The van der Waals surface area contributed by atoms with Gasteiger partial charge in [0.15, 0.2) is 0 Å². The standard InChI is InChI=1S/C27H35N7O2/c1-17(2)20-9-7-19(8-10-20)15-24(30-18(3)35)25(36)31-21-11-13-33(14-12-21)26-22-5-4-6-23(22)32-27-28-16-29-34(26)27/h7-10,16-17,21,24H,4-6,11-15H2,1-3H3,(H,30,35)(H,31,36). The van der Waals surface area contributed by atoms with Crippen LogP contribution < -0.4 is 15.5 Å². The highest BCUT2D eigenvalue weighted by Gasteiger charge is 2.30. The Morgan fingerprint density at radius 2 is 1.86 bits per heavy atom. The van der Waals surface area contributed by atoms with Gasteiger partial charge >= 0.3 is 0 Å². The third-order valence-corrected chi connectivity index (χ3v) is 7.35. The van der Waals surface area contributed by atoms with Gasteiger partial charge in [-0.15, -0.1) is 0 Å². The van der Waals surface area contributed by atoms with Crippen molar-refractivity contribution in [1.29, 1.82) is 0 Å². The van der Waals surface area contributed by atoms with E-state index < -0.39 is 6.04 Å². The number of nitrogens with one attached hydrogen (secondary N) is 2. The van der Waals surface area contributed by atoms with Gasteiger partial charge in [0.1, 0.15) is 18.2 Å². The fraction of sp³-hybridized carbons (Fsp3) is 0.519. The van der Waals surface area contributed by atoms with Gasteiger partial charge < -0.3 is 15.5 Å². The normalized spacial score (nSPS) is 16.8. The van der Waals surface area contributed by atoms with Crippen molar-refractivity contribution < 1.29 is 9.59 Å². The summed E-state index contributed by atoms with van der Waals surface area (Å²) in [5, 5.41) is 10.5. The summed E-state index contributed by atoms with van der Waals surface area (Å²) in [5.74, 6) is 1.89. The molecule has 1 aromatic carbocycles. The fourth-order valence-corrected chi connectivity index (χ4v) is 5.39. The van der Waals surface area contributed by atoms with Crippen LogP contribution in [0.1, 0.15) is 68.3 Å². The second kappa shape index (κ2) is 10.2. The van der Waals surface area contributed by atoms with E-state index in [1.54, 1.807) is 6.33 Å². The number of hydrogen-bond donors (Lipinski definition) is 2. The first-order valence-corrected chi connectivity index (χ1v) is 13.0. The summed E-state index contributed by atoms with van der Waals surface area (Å²) in [6.07, 6.45) is 6.80. The first kappa shape index (κ1) is 24.2. The average molecular weight is 490 g/mol. The molecule has 9 nitrogen and oxygen atoms in total. The van der Waals surface area contributed by atoms with Crippen LogP contribution in [0.2, 0.25) is 0 Å². The van der Waals surface area contributed by atoms with E-state index in [0.29, 0.717) is 18.1 Å². The van der Waals surface area contributed by atoms with Crippen LogP contribution in [0, 0.1) is 0 Å². The second-order valence-corrected chi connectivity index (χ2v) is 10.3. The van der Waals surface area contributed by atoms with E-state index in [2.05, 4.69) is 56.6 Å². The van der Waals surface area contributed by atoms with Crippen LogP contribution in [0.4, 0.5) is 5.82 Å². The third kappa shape index (κ3) is 5.05. The lowest BCUT2D eigenvalue weighted by atomic mass is 9.98. The molecule has 2 aliphatic rings. The number of rotatable bonds is 7. The maximum Gasteiger partial charge on any atom is 0.254 e. The minimum Gasteiger partial charge on any atom is -0.356 e. The number of carbonyl (C=O) groups is 2. The lowest BCUT2D eigenvalue weighted by Gasteiger charge is -2.35. The quantitative estimate of drug-likeness (QED) is 0.529. The number of carbonyl (C=O) groups excluding carboxylic acids is 2. The molecule has 0 saturated carbocycles. The monoisotopic (exact) mass is 489 g/mol. The molecular weight excluding hydrogens is 454 g/mol. The molecule has 1 atom stereocenters. The highest BCUT2D eigenvalue weighted by molar-refractivity contribution is 5.87. The van der Waals surface area contributed by atoms with Crippen LogP contribution >= 0.6 is 0 Å². The Kier molecular flexibility index (Phi) is 6.89. The van der Waals surface area contributed by atoms with E-state index in [1.165, 1.54) is 18.1 Å². The maximum absolute atomic E-state index is 13.2. The van der Waals surface area contributed by atoms with Crippen LogP contribution in [-0.2, 0) is 28.9 Å². The summed E-state index contributed by atoms with van der Waals surface area (Å²) in [6.45, 7) is 7.41. The van der Waals surface area contributed by atoms with Crippen molar-refractivity contribution in [3.05, 3.63) is 53.0 Å². The van der Waals surface area contributed by atoms with Gasteiger partial charge in [0.25, 0.3) is 5.78 Å². The molecule has 0 radical (unpaired) electrons. The summed E-state index contributed by atoms with van der Waals surface area (Å²) >= 11 is 0. The molecule has 1 aliphatic heterocycles. The van der Waals surface area contributed by atoms with Gasteiger partial charge in [-0.25, -0.2) is 4.98 Å². The van der Waals surface area contributed by atoms with E-state index in [4.69, 9.17) is 0 Å². The number of fused-ring (bicyclic) bond motifs is 2. The molecular formula is C27H35N7O2. The molecule has 36 heavy (non-hydrogen) atoms. The number of anilines is 1. The van der Waals surface area contributed by atoms with Crippen molar-refractivity contribution in [3.8, 4) is 0 Å². The minimum absolute atomic E-state index is 0.0643. The average Bonchev–Trinajstić information content (AvgIpc) is 3.52. The topological polar surface area (TPSA) is 105 Å². The zero-order valence-electron chi connectivity index (χ0n) is 21.3. The van der Waals surface area contributed by atoms with Gasteiger partial charge in [-0.1, -0.05) is 38.1 Å². The van der Waals surface area contributed by atoms with Crippen LogP contribution in [0.3, 0.4) is 0 Å². The van der Waals surface area contributed by atoms with Gasteiger partial charge in [-0.2, -0.15) is 14.6 Å². The molecule has 3 heterocycles. The summed E-state index contributed by atoms with van der Waals surface area (Å²) in [4.78, 5) is 36.4. The van der Waals surface area contributed by atoms with E-state index in [9.17, 15) is 9.59 Å². The van der Waals surface area contributed by atoms with Gasteiger partial charge in [0.05, 0.1) is 5.69 Å². The summed E-state index contributed by atoms with van der Waals surface area (Å²) in [6, 6.07) is 7.76. The van der Waals surface area contributed by atoms with Crippen LogP contribution in [0.25, 0.3) is 5.78 Å². The molecule has 1 fully saturated rings. The smallest absolute Gasteiger partial charge is 0.254 e. The molecule has 5 rings (SSSR count). The highest BCUT2D eigenvalue weighted by Crippen LogP contribution is 2.32. The SMILES string of the molecule is CC(=O)NC(Cc1ccc(C(C)C)cc1)C(=O)NC1CCN(c2c3c(nc4ncnn24)CCC3)CC1. The Hall–Kier alpha value is -3.49. The van der Waals surface area contributed by atoms with Gasteiger partial charge in [-0.05, 0) is 49.1 Å². The van der Waals surface area contributed by atoms with Crippen molar-refractivity contribution in [2.45, 2.75) is 77.3 Å². The Labute approximate surface area is 211 Å². The Balaban J connectivity index is 1.23. The molecule has 1 aliphatic carbocycles. The Morgan fingerprint density at radius 1 is 1.11 bits per heavy atom. The molecule has 1 saturated heterocycles. The number of hydrogen-bond acceptors (Lipinski definition) is 6. The number of aromatic nitrogens is 4. The molecule has 2 N–H and O–H groups in total. The van der Waals surface area contributed by atoms with E-state index in [1.807, 2.05) is 16.6 Å². The number of piperidine rings is 1. The third-order valence-electron chi connectivity index (χ3n) is 7.35. The lowest BCUT2D eigenvalue weighted by Crippen LogP contribution is -2.52. The summed E-state index contributed by atoms with van der Waals surface area (Å²) in [7, 11) is 0. The van der Waals surface area contributed by atoms with Crippen molar-refractivity contribution in [2.75, 3.05) is 18.0 Å². The van der Waals surface area contributed by atoms with Crippen molar-refractivity contribution in [2.24, 2.45) is 0 Å². The highest BCUT2D eigenvalue weighted by atomic mass is 16.2. The first-order valence-electron chi connectivity index (χ1n) is 13.0. The number of nitrogens with zero attached hydrogens (tertiary/aromatic N) is 5. The first-order chi connectivity index (χ1) is 17.4. The van der Waals surface area contributed by atoms with Crippen LogP contribution in [0.15, 0.2) is 30.6 Å². The van der Waals surface area contributed by atoms with Crippen molar-refractivity contribution in [3.63, 3.8) is 0 Å². The summed E-state index contributed by atoms with van der Waals surface area (Å²) < 4.78 is 1.86. The largest absolute Gasteiger partial charge is 0.356 e. The molecule has 2 aromatic heterocycles. The molecule has 0 spiro atoms. The predicted octanol–water partition coefficient (Wildman–Crippen LogP) is 2.57. The Morgan fingerprint density at radius 3 is 2.56 bits per heavy atom. The minimum atomic E-state index is -0.594. The maximum atomic E-state index is 13.2. The van der Waals surface area contributed by atoms with E-state index in [0.717, 1.165) is 62.3 Å². The number of benzene rings is 1. The van der Waals surface area contributed by atoms with E-state index in [-0.39, 0.29) is 17.9 Å². The van der Waals surface area contributed by atoms with E-state index >= 15 is 0 Å². The van der Waals surface area contributed by atoms with Crippen LogP contribution in [-0.4, -0.2) is 56.6 Å². The molecule has 9 heteroatoms. The molecule has 3 aromatic rings. The van der Waals surface area contributed by atoms with Crippen molar-refractivity contribution >= 4 is 23.4 Å².